The van der Waals surface area contributed by atoms with Crippen molar-refractivity contribution < 1.29 is 14.7 Å². The standard InChI is InChI=1S/C12H13N3O3/c16-11(14-10-3-1-2-4-13-10)9-6-7-5-8(7)15(9)12(17)18/h1-4,7-9H,5-6H2,(H,17,18)(H,13,14,16). The fourth-order valence-electron chi connectivity index (χ4n) is 2.61. The van der Waals surface area contributed by atoms with Crippen molar-refractivity contribution in [3.63, 3.8) is 0 Å². The van der Waals surface area contributed by atoms with Gasteiger partial charge in [0.1, 0.15) is 11.9 Å². The lowest BCUT2D eigenvalue weighted by molar-refractivity contribution is -0.120. The van der Waals surface area contributed by atoms with Crippen LogP contribution >= 0.6 is 0 Å². The smallest absolute Gasteiger partial charge is 0.408 e. The third-order valence-corrected chi connectivity index (χ3v) is 3.54. The molecule has 2 heterocycles. The predicted octanol–water partition coefficient (Wildman–Crippen LogP) is 1.16. The molecule has 3 rings (SSSR count). The number of carbonyl (C=O) groups is 2. The van der Waals surface area contributed by atoms with Crippen LogP contribution in [0.1, 0.15) is 12.8 Å². The van der Waals surface area contributed by atoms with Crippen LogP contribution in [0.3, 0.4) is 0 Å². The number of carboxylic acid groups (broad SMARTS) is 1. The zero-order valence-electron chi connectivity index (χ0n) is 9.61. The molecule has 1 saturated carbocycles. The van der Waals surface area contributed by atoms with E-state index in [9.17, 15) is 9.59 Å². The van der Waals surface area contributed by atoms with E-state index in [0.717, 1.165) is 6.42 Å². The molecule has 2 amide bonds. The number of anilines is 1. The van der Waals surface area contributed by atoms with E-state index in [2.05, 4.69) is 10.3 Å². The van der Waals surface area contributed by atoms with Crippen molar-refractivity contribution in [1.29, 1.82) is 0 Å². The maximum atomic E-state index is 12.0. The average molecular weight is 247 g/mol. The van der Waals surface area contributed by atoms with Crippen LogP contribution in [-0.4, -0.2) is 39.1 Å². The molecule has 3 atom stereocenters. The van der Waals surface area contributed by atoms with Crippen LogP contribution in [0.25, 0.3) is 0 Å². The molecular formula is C12H13N3O3. The molecule has 2 fully saturated rings. The average Bonchev–Trinajstić information content (AvgIpc) is 3.00. The van der Waals surface area contributed by atoms with Crippen molar-refractivity contribution in [3.8, 4) is 0 Å². The number of aromatic nitrogens is 1. The first-order valence-corrected chi connectivity index (χ1v) is 5.90. The molecule has 1 saturated heterocycles. The Bertz CT molecular complexity index is 491. The Hall–Kier alpha value is -2.11. The highest BCUT2D eigenvalue weighted by atomic mass is 16.4. The van der Waals surface area contributed by atoms with Crippen molar-refractivity contribution in [1.82, 2.24) is 9.88 Å². The molecule has 2 aliphatic rings. The molecule has 3 unspecified atom stereocenters. The van der Waals surface area contributed by atoms with Gasteiger partial charge in [-0.25, -0.2) is 9.78 Å². The lowest BCUT2D eigenvalue weighted by Gasteiger charge is -2.23. The zero-order valence-corrected chi connectivity index (χ0v) is 9.61. The number of pyridine rings is 1. The Kier molecular flexibility index (Phi) is 2.43. The lowest BCUT2D eigenvalue weighted by Crippen LogP contribution is -2.44. The fraction of sp³-hybridized carbons (Fsp3) is 0.417. The number of rotatable bonds is 2. The van der Waals surface area contributed by atoms with Crippen LogP contribution in [0.15, 0.2) is 24.4 Å². The maximum absolute atomic E-state index is 12.0. The fourth-order valence-corrected chi connectivity index (χ4v) is 2.61. The van der Waals surface area contributed by atoms with Gasteiger partial charge in [-0.15, -0.1) is 0 Å². The summed E-state index contributed by atoms with van der Waals surface area (Å²) in [6, 6.07) is 4.67. The minimum absolute atomic E-state index is 0.0435. The molecule has 1 aliphatic heterocycles. The van der Waals surface area contributed by atoms with Gasteiger partial charge in [0, 0.05) is 12.2 Å². The number of likely N-dealkylation sites (tertiary alicyclic amines) is 1. The van der Waals surface area contributed by atoms with E-state index in [-0.39, 0.29) is 11.9 Å². The molecule has 1 aromatic rings. The van der Waals surface area contributed by atoms with E-state index < -0.39 is 12.1 Å². The highest BCUT2D eigenvalue weighted by Gasteiger charge is 2.56. The third kappa shape index (κ3) is 1.79. The molecule has 1 aromatic heterocycles. The molecule has 0 spiro atoms. The Morgan fingerprint density at radius 2 is 2.22 bits per heavy atom. The number of nitrogens with zero attached hydrogens (tertiary/aromatic N) is 2. The number of carbonyl (C=O) groups excluding carboxylic acids is 1. The topological polar surface area (TPSA) is 82.5 Å². The molecule has 6 nitrogen and oxygen atoms in total. The van der Waals surface area contributed by atoms with E-state index in [1.807, 2.05) is 0 Å². The predicted molar refractivity (Wildman–Crippen MR) is 63.0 cm³/mol. The monoisotopic (exact) mass is 247 g/mol. The summed E-state index contributed by atoms with van der Waals surface area (Å²) in [5, 5.41) is 11.8. The number of fused-ring (bicyclic) bond motifs is 1. The molecule has 6 heteroatoms. The van der Waals surface area contributed by atoms with E-state index in [1.165, 1.54) is 4.90 Å². The van der Waals surface area contributed by atoms with Crippen LogP contribution in [0.5, 0.6) is 0 Å². The van der Waals surface area contributed by atoms with E-state index in [4.69, 9.17) is 5.11 Å². The highest BCUT2D eigenvalue weighted by molar-refractivity contribution is 5.96. The van der Waals surface area contributed by atoms with Gasteiger partial charge in [-0.1, -0.05) is 6.07 Å². The minimum Gasteiger partial charge on any atom is -0.465 e. The van der Waals surface area contributed by atoms with Crippen LogP contribution in [0.4, 0.5) is 10.6 Å². The highest BCUT2D eigenvalue weighted by Crippen LogP contribution is 2.47. The molecule has 0 aromatic carbocycles. The second kappa shape index (κ2) is 3.97. The number of hydrogen-bond donors (Lipinski definition) is 2. The molecule has 94 valence electrons. The summed E-state index contributed by atoms with van der Waals surface area (Å²) < 4.78 is 0. The molecule has 2 N–H and O–H groups in total. The first-order chi connectivity index (χ1) is 8.66. The van der Waals surface area contributed by atoms with Gasteiger partial charge in [0.05, 0.1) is 0 Å². The van der Waals surface area contributed by atoms with Crippen molar-refractivity contribution in [2.45, 2.75) is 24.9 Å². The van der Waals surface area contributed by atoms with Crippen LogP contribution in [0.2, 0.25) is 0 Å². The van der Waals surface area contributed by atoms with Gasteiger partial charge in [0.25, 0.3) is 0 Å². The summed E-state index contributed by atoms with van der Waals surface area (Å²) in [5.41, 5.74) is 0. The van der Waals surface area contributed by atoms with Crippen molar-refractivity contribution >= 4 is 17.8 Å². The van der Waals surface area contributed by atoms with Crippen molar-refractivity contribution in [2.75, 3.05) is 5.32 Å². The Morgan fingerprint density at radius 1 is 1.39 bits per heavy atom. The van der Waals surface area contributed by atoms with Crippen molar-refractivity contribution in [3.05, 3.63) is 24.4 Å². The van der Waals surface area contributed by atoms with Gasteiger partial charge in [0.15, 0.2) is 0 Å². The van der Waals surface area contributed by atoms with Crippen LogP contribution in [0, 0.1) is 5.92 Å². The largest absolute Gasteiger partial charge is 0.465 e. The normalized spacial score (nSPS) is 28.7. The second-order valence-corrected chi connectivity index (χ2v) is 4.71. The molecule has 18 heavy (non-hydrogen) atoms. The van der Waals surface area contributed by atoms with E-state index in [1.54, 1.807) is 24.4 Å². The Labute approximate surface area is 104 Å². The molecular weight excluding hydrogens is 234 g/mol. The summed E-state index contributed by atoms with van der Waals surface area (Å²) in [6.45, 7) is 0. The first kappa shape index (κ1) is 11.0. The summed E-state index contributed by atoms with van der Waals surface area (Å²) in [5.74, 6) is 0.525. The summed E-state index contributed by atoms with van der Waals surface area (Å²) in [7, 11) is 0. The van der Waals surface area contributed by atoms with Crippen LogP contribution in [-0.2, 0) is 4.79 Å². The van der Waals surface area contributed by atoms with E-state index >= 15 is 0 Å². The molecule has 0 radical (unpaired) electrons. The van der Waals surface area contributed by atoms with Gasteiger partial charge in [-0.2, -0.15) is 0 Å². The van der Waals surface area contributed by atoms with Gasteiger partial charge >= 0.3 is 6.09 Å². The summed E-state index contributed by atoms with van der Waals surface area (Å²) in [6.07, 6.45) is 2.08. The van der Waals surface area contributed by atoms with Crippen molar-refractivity contribution in [2.24, 2.45) is 5.92 Å². The SMILES string of the molecule is O=C(Nc1ccccn1)C1CC2CC2N1C(=O)O. The number of piperidine rings is 1. The number of hydrogen-bond acceptors (Lipinski definition) is 3. The van der Waals surface area contributed by atoms with E-state index in [0.29, 0.717) is 18.2 Å². The lowest BCUT2D eigenvalue weighted by atomic mass is 10.1. The quantitative estimate of drug-likeness (QED) is 0.821. The third-order valence-electron chi connectivity index (χ3n) is 3.54. The van der Waals surface area contributed by atoms with Gasteiger partial charge in [0.2, 0.25) is 5.91 Å². The zero-order chi connectivity index (χ0) is 12.7. The minimum atomic E-state index is -1.01. The second-order valence-electron chi connectivity index (χ2n) is 4.71. The summed E-state index contributed by atoms with van der Waals surface area (Å²) >= 11 is 0. The number of amides is 2. The Morgan fingerprint density at radius 3 is 2.89 bits per heavy atom. The molecule has 1 aliphatic carbocycles. The van der Waals surface area contributed by atoms with Crippen LogP contribution < -0.4 is 5.32 Å². The maximum Gasteiger partial charge on any atom is 0.408 e. The van der Waals surface area contributed by atoms with Gasteiger partial charge in [-0.3, -0.25) is 9.69 Å². The summed E-state index contributed by atoms with van der Waals surface area (Å²) in [4.78, 5) is 28.4. The molecule has 0 bridgehead atoms. The number of nitrogens with one attached hydrogen (secondary N) is 1. The Balaban J connectivity index is 1.71. The van der Waals surface area contributed by atoms with Gasteiger partial charge < -0.3 is 10.4 Å². The van der Waals surface area contributed by atoms with Gasteiger partial charge in [-0.05, 0) is 30.9 Å². The first-order valence-electron chi connectivity index (χ1n) is 5.90.